The Balaban J connectivity index is 2.03. The summed E-state index contributed by atoms with van der Waals surface area (Å²) in [5.74, 6) is 0.852. The predicted octanol–water partition coefficient (Wildman–Crippen LogP) is 2.25. The van der Waals surface area contributed by atoms with Gasteiger partial charge >= 0.3 is 0 Å². The maximum Gasteiger partial charge on any atom is 0.0897 e. The van der Waals surface area contributed by atoms with Crippen molar-refractivity contribution in [1.82, 2.24) is 4.98 Å². The van der Waals surface area contributed by atoms with Crippen molar-refractivity contribution in [3.63, 3.8) is 0 Å². The van der Waals surface area contributed by atoms with Gasteiger partial charge in [0.1, 0.15) is 0 Å². The largest absolute Gasteiger partial charge is 0.389 e. The van der Waals surface area contributed by atoms with E-state index in [1.165, 1.54) is 0 Å². The van der Waals surface area contributed by atoms with Crippen LogP contribution in [0.15, 0.2) is 5.38 Å². The third-order valence-electron chi connectivity index (χ3n) is 2.48. The van der Waals surface area contributed by atoms with E-state index in [1.807, 2.05) is 18.7 Å². The van der Waals surface area contributed by atoms with Gasteiger partial charge in [-0.3, -0.25) is 0 Å². The maximum absolute atomic E-state index is 10.3. The summed E-state index contributed by atoms with van der Waals surface area (Å²) in [6.45, 7) is 4.18. The summed E-state index contributed by atoms with van der Waals surface area (Å²) < 4.78 is 0. The molecule has 14 heavy (non-hydrogen) atoms. The van der Waals surface area contributed by atoms with Crippen molar-refractivity contribution < 1.29 is 5.11 Å². The number of thiazole rings is 1. The van der Waals surface area contributed by atoms with Crippen LogP contribution >= 0.6 is 23.1 Å². The van der Waals surface area contributed by atoms with E-state index < -0.39 is 5.60 Å². The van der Waals surface area contributed by atoms with Gasteiger partial charge in [0.05, 0.1) is 16.3 Å². The molecule has 1 aromatic rings. The fraction of sp³-hybridized carbons (Fsp3) is 0.700. The maximum atomic E-state index is 10.3. The van der Waals surface area contributed by atoms with E-state index in [2.05, 4.69) is 17.3 Å². The average molecular weight is 229 g/mol. The average Bonchev–Trinajstić information content (AvgIpc) is 2.60. The molecule has 1 N–H and O–H groups in total. The summed E-state index contributed by atoms with van der Waals surface area (Å²) in [6.07, 6.45) is 1.61. The van der Waals surface area contributed by atoms with E-state index in [4.69, 9.17) is 0 Å². The van der Waals surface area contributed by atoms with Crippen LogP contribution in [0.4, 0.5) is 0 Å². The molecule has 0 aliphatic carbocycles. The first-order valence-electron chi connectivity index (χ1n) is 4.82. The van der Waals surface area contributed by atoms with Crippen LogP contribution in [-0.2, 0) is 6.42 Å². The van der Waals surface area contributed by atoms with E-state index in [0.717, 1.165) is 22.9 Å². The predicted molar refractivity (Wildman–Crippen MR) is 62.0 cm³/mol. The number of hydrogen-bond donors (Lipinski definition) is 1. The zero-order valence-corrected chi connectivity index (χ0v) is 10.1. The second kappa shape index (κ2) is 3.83. The van der Waals surface area contributed by atoms with Gasteiger partial charge in [-0.25, -0.2) is 4.98 Å². The molecule has 78 valence electrons. The van der Waals surface area contributed by atoms with Gasteiger partial charge in [0.2, 0.25) is 0 Å². The van der Waals surface area contributed by atoms with Gasteiger partial charge in [-0.1, -0.05) is 6.92 Å². The van der Waals surface area contributed by atoms with E-state index in [-0.39, 0.29) is 0 Å². The van der Waals surface area contributed by atoms with Gasteiger partial charge in [0, 0.05) is 22.8 Å². The van der Waals surface area contributed by atoms with Crippen molar-refractivity contribution in [3.05, 3.63) is 16.1 Å². The number of aryl methyl sites for hydroxylation is 1. The Morgan fingerprint density at radius 1 is 1.71 bits per heavy atom. The summed E-state index contributed by atoms with van der Waals surface area (Å²) in [7, 11) is 0. The summed E-state index contributed by atoms with van der Waals surface area (Å²) >= 11 is 3.51. The first kappa shape index (κ1) is 10.5. The Hall–Kier alpha value is -0.0600. The molecule has 2 heterocycles. The molecule has 0 bridgehead atoms. The molecule has 0 radical (unpaired) electrons. The van der Waals surface area contributed by atoms with Gasteiger partial charge in [-0.15, -0.1) is 11.3 Å². The number of nitrogens with zero attached hydrogens (tertiary/aromatic N) is 1. The molecule has 0 spiro atoms. The first-order valence-corrected chi connectivity index (χ1v) is 6.75. The monoisotopic (exact) mass is 229 g/mol. The van der Waals surface area contributed by atoms with E-state index in [9.17, 15) is 5.11 Å². The SMILES string of the molecule is Cc1nc(CC2(O)CSC(C)C2)cs1. The molecule has 1 aromatic heterocycles. The second-order valence-electron chi connectivity index (χ2n) is 4.08. The fourth-order valence-electron chi connectivity index (χ4n) is 1.90. The third kappa shape index (κ3) is 2.30. The third-order valence-corrected chi connectivity index (χ3v) is 4.74. The molecule has 2 rings (SSSR count). The van der Waals surface area contributed by atoms with Crippen LogP contribution in [0.25, 0.3) is 0 Å². The van der Waals surface area contributed by atoms with Crippen LogP contribution in [0, 0.1) is 6.92 Å². The zero-order chi connectivity index (χ0) is 10.2. The number of thioether (sulfide) groups is 1. The van der Waals surface area contributed by atoms with E-state index >= 15 is 0 Å². The van der Waals surface area contributed by atoms with Crippen LogP contribution in [0.2, 0.25) is 0 Å². The van der Waals surface area contributed by atoms with Crippen LogP contribution in [0.1, 0.15) is 24.0 Å². The fourth-order valence-corrected chi connectivity index (χ4v) is 3.76. The molecule has 0 aromatic carbocycles. The Labute approximate surface area is 92.8 Å². The van der Waals surface area contributed by atoms with Gasteiger partial charge in [-0.05, 0) is 13.3 Å². The zero-order valence-electron chi connectivity index (χ0n) is 8.49. The summed E-state index contributed by atoms with van der Waals surface area (Å²) in [5, 5.41) is 14.0. The molecule has 2 unspecified atom stereocenters. The minimum Gasteiger partial charge on any atom is -0.389 e. The second-order valence-corrected chi connectivity index (χ2v) is 6.57. The topological polar surface area (TPSA) is 33.1 Å². The molecule has 2 nitrogen and oxygen atoms in total. The van der Waals surface area contributed by atoms with Crippen LogP contribution in [-0.4, -0.2) is 26.7 Å². The highest BCUT2D eigenvalue weighted by Crippen LogP contribution is 2.36. The van der Waals surface area contributed by atoms with Crippen molar-refractivity contribution in [3.8, 4) is 0 Å². The normalized spacial score (nSPS) is 32.4. The van der Waals surface area contributed by atoms with Crippen LogP contribution in [0.3, 0.4) is 0 Å². The highest BCUT2D eigenvalue weighted by atomic mass is 32.2. The summed E-state index contributed by atoms with van der Waals surface area (Å²) in [4.78, 5) is 4.39. The standard InChI is InChI=1S/C10H15NOS2/c1-7-3-10(12,6-14-7)4-9-5-13-8(2)11-9/h5,7,12H,3-4,6H2,1-2H3. The van der Waals surface area contributed by atoms with E-state index in [1.54, 1.807) is 11.3 Å². The number of aliphatic hydroxyl groups is 1. The van der Waals surface area contributed by atoms with Crippen LogP contribution in [0.5, 0.6) is 0 Å². The number of hydrogen-bond acceptors (Lipinski definition) is 4. The lowest BCUT2D eigenvalue weighted by atomic mass is 9.95. The quantitative estimate of drug-likeness (QED) is 0.844. The van der Waals surface area contributed by atoms with Gasteiger partial charge in [0.25, 0.3) is 0 Å². The lowest BCUT2D eigenvalue weighted by molar-refractivity contribution is 0.0634. The Morgan fingerprint density at radius 3 is 3.00 bits per heavy atom. The molecule has 1 aliphatic heterocycles. The summed E-state index contributed by atoms with van der Waals surface area (Å²) in [5.41, 5.74) is 0.537. The van der Waals surface area contributed by atoms with Crippen molar-refractivity contribution in [2.75, 3.05) is 5.75 Å². The summed E-state index contributed by atoms with van der Waals surface area (Å²) in [6, 6.07) is 0. The minimum atomic E-state index is -0.509. The number of rotatable bonds is 2. The molecule has 4 heteroatoms. The first-order chi connectivity index (χ1) is 6.57. The lowest BCUT2D eigenvalue weighted by Crippen LogP contribution is -2.31. The molecule has 1 aliphatic rings. The molecule has 2 atom stereocenters. The lowest BCUT2D eigenvalue weighted by Gasteiger charge is -2.20. The number of aromatic nitrogens is 1. The Kier molecular flexibility index (Phi) is 2.86. The highest BCUT2D eigenvalue weighted by Gasteiger charge is 2.36. The molecular formula is C10H15NOS2. The van der Waals surface area contributed by atoms with Crippen molar-refractivity contribution >= 4 is 23.1 Å². The van der Waals surface area contributed by atoms with Crippen molar-refractivity contribution in [1.29, 1.82) is 0 Å². The molecule has 0 saturated carbocycles. The van der Waals surface area contributed by atoms with Crippen LogP contribution < -0.4 is 0 Å². The van der Waals surface area contributed by atoms with Crippen molar-refractivity contribution in [2.24, 2.45) is 0 Å². The minimum absolute atomic E-state index is 0.509. The van der Waals surface area contributed by atoms with E-state index in [0.29, 0.717) is 11.7 Å². The molecular weight excluding hydrogens is 214 g/mol. The van der Waals surface area contributed by atoms with Gasteiger partial charge < -0.3 is 5.11 Å². The molecule has 0 amide bonds. The molecule has 1 saturated heterocycles. The highest BCUT2D eigenvalue weighted by molar-refractivity contribution is 8.00. The van der Waals surface area contributed by atoms with Gasteiger partial charge in [-0.2, -0.15) is 11.8 Å². The smallest absolute Gasteiger partial charge is 0.0897 e. The Bertz CT molecular complexity index is 326. The Morgan fingerprint density at radius 2 is 2.50 bits per heavy atom. The molecule has 1 fully saturated rings. The van der Waals surface area contributed by atoms with Gasteiger partial charge in [0.15, 0.2) is 0 Å². The van der Waals surface area contributed by atoms with Crippen molar-refractivity contribution in [2.45, 2.75) is 37.5 Å².